The molecule has 0 aromatic heterocycles. The Morgan fingerprint density at radius 2 is 1.96 bits per heavy atom. The van der Waals surface area contributed by atoms with E-state index in [4.69, 9.17) is 10.6 Å². The van der Waals surface area contributed by atoms with Crippen LogP contribution in [0.4, 0.5) is 0 Å². The van der Waals surface area contributed by atoms with Gasteiger partial charge in [0, 0.05) is 17.7 Å². The SMILES string of the molecule is CC(CC(C)(C)NC(=O)C1=C(C)C2(CCCCC2)OC1=O)=NN. The predicted octanol–water partition coefficient (Wildman–Crippen LogP) is 2.18. The van der Waals surface area contributed by atoms with Gasteiger partial charge in [0.15, 0.2) is 0 Å². The highest BCUT2D eigenvalue weighted by Crippen LogP contribution is 2.43. The molecule has 1 aliphatic heterocycles. The van der Waals surface area contributed by atoms with Crippen molar-refractivity contribution >= 4 is 17.6 Å². The van der Waals surface area contributed by atoms with Crippen molar-refractivity contribution in [1.29, 1.82) is 0 Å². The molecule has 0 saturated heterocycles. The molecule has 2 aliphatic rings. The molecule has 6 heteroatoms. The molecule has 1 fully saturated rings. The van der Waals surface area contributed by atoms with Crippen molar-refractivity contribution in [3.63, 3.8) is 0 Å². The second-order valence-corrected chi connectivity index (χ2v) is 7.32. The predicted molar refractivity (Wildman–Crippen MR) is 88.7 cm³/mol. The zero-order chi connectivity index (χ0) is 17.3. The number of nitrogens with zero attached hydrogens (tertiary/aromatic N) is 1. The van der Waals surface area contributed by atoms with Gasteiger partial charge in [0.25, 0.3) is 5.91 Å². The Bertz CT molecular complexity index is 570. The van der Waals surface area contributed by atoms with E-state index in [1.807, 2.05) is 20.8 Å². The molecule has 3 N–H and O–H groups in total. The monoisotopic (exact) mass is 321 g/mol. The molecular weight excluding hydrogens is 294 g/mol. The molecule has 0 unspecified atom stereocenters. The minimum Gasteiger partial charge on any atom is -0.451 e. The Labute approximate surface area is 137 Å². The van der Waals surface area contributed by atoms with Crippen LogP contribution in [0.5, 0.6) is 0 Å². The quantitative estimate of drug-likeness (QED) is 0.273. The minimum atomic E-state index is -0.555. The molecule has 0 atom stereocenters. The average Bonchev–Trinajstić information content (AvgIpc) is 2.69. The van der Waals surface area contributed by atoms with Crippen molar-refractivity contribution in [3.8, 4) is 0 Å². The number of ether oxygens (including phenoxy) is 1. The van der Waals surface area contributed by atoms with Gasteiger partial charge in [-0.05, 0) is 59.0 Å². The topological polar surface area (TPSA) is 93.8 Å². The lowest BCUT2D eigenvalue weighted by Gasteiger charge is -2.33. The molecule has 2 rings (SSSR count). The summed E-state index contributed by atoms with van der Waals surface area (Å²) < 4.78 is 5.64. The van der Waals surface area contributed by atoms with E-state index in [0.717, 1.165) is 43.4 Å². The maximum absolute atomic E-state index is 12.6. The molecule has 0 bridgehead atoms. The molecule has 1 saturated carbocycles. The van der Waals surface area contributed by atoms with Crippen LogP contribution in [0.1, 0.15) is 66.2 Å². The zero-order valence-corrected chi connectivity index (χ0v) is 14.5. The van der Waals surface area contributed by atoms with Gasteiger partial charge in [-0.2, -0.15) is 5.10 Å². The van der Waals surface area contributed by atoms with Crippen molar-refractivity contribution < 1.29 is 14.3 Å². The third-order valence-electron chi connectivity index (χ3n) is 4.81. The minimum absolute atomic E-state index is 0.169. The van der Waals surface area contributed by atoms with Crippen molar-refractivity contribution in [1.82, 2.24) is 5.32 Å². The van der Waals surface area contributed by atoms with E-state index < -0.39 is 17.1 Å². The highest BCUT2D eigenvalue weighted by Gasteiger charge is 2.48. The third-order valence-corrected chi connectivity index (χ3v) is 4.81. The summed E-state index contributed by atoms with van der Waals surface area (Å²) in [4.78, 5) is 24.9. The number of carbonyl (C=O) groups excluding carboxylic acids is 2. The third kappa shape index (κ3) is 3.57. The molecule has 23 heavy (non-hydrogen) atoms. The number of carbonyl (C=O) groups is 2. The molecule has 1 spiro atoms. The Balaban J connectivity index is 2.19. The van der Waals surface area contributed by atoms with Crippen LogP contribution in [0.2, 0.25) is 0 Å². The Morgan fingerprint density at radius 1 is 1.35 bits per heavy atom. The number of hydrazone groups is 1. The van der Waals surface area contributed by atoms with E-state index in [1.54, 1.807) is 6.92 Å². The van der Waals surface area contributed by atoms with E-state index in [2.05, 4.69) is 10.4 Å². The Morgan fingerprint density at radius 3 is 2.52 bits per heavy atom. The van der Waals surface area contributed by atoms with Crippen molar-refractivity contribution in [2.75, 3.05) is 0 Å². The van der Waals surface area contributed by atoms with Crippen LogP contribution in [-0.4, -0.2) is 28.7 Å². The lowest BCUT2D eigenvalue weighted by atomic mass is 9.79. The molecule has 1 heterocycles. The van der Waals surface area contributed by atoms with Gasteiger partial charge in [-0.1, -0.05) is 6.42 Å². The van der Waals surface area contributed by atoms with Gasteiger partial charge in [-0.15, -0.1) is 0 Å². The first kappa shape index (κ1) is 17.5. The Hall–Kier alpha value is -1.85. The fraction of sp³-hybridized carbons (Fsp3) is 0.706. The van der Waals surface area contributed by atoms with E-state index in [0.29, 0.717) is 6.42 Å². The first-order chi connectivity index (χ1) is 10.7. The van der Waals surface area contributed by atoms with Crippen LogP contribution in [-0.2, 0) is 14.3 Å². The number of rotatable bonds is 4. The van der Waals surface area contributed by atoms with Gasteiger partial charge >= 0.3 is 5.97 Å². The first-order valence-electron chi connectivity index (χ1n) is 8.21. The molecule has 6 nitrogen and oxygen atoms in total. The van der Waals surface area contributed by atoms with Crippen LogP contribution in [0.25, 0.3) is 0 Å². The van der Waals surface area contributed by atoms with E-state index in [1.165, 1.54) is 0 Å². The maximum Gasteiger partial charge on any atom is 0.344 e. The summed E-state index contributed by atoms with van der Waals surface area (Å²) in [6.07, 6.45) is 5.34. The maximum atomic E-state index is 12.6. The van der Waals surface area contributed by atoms with Crippen LogP contribution < -0.4 is 11.2 Å². The molecule has 0 aromatic rings. The molecule has 0 aromatic carbocycles. The molecule has 128 valence electrons. The van der Waals surface area contributed by atoms with Gasteiger partial charge in [0.1, 0.15) is 11.2 Å². The number of hydrogen-bond acceptors (Lipinski definition) is 5. The van der Waals surface area contributed by atoms with Gasteiger partial charge in [-0.25, -0.2) is 4.79 Å². The largest absolute Gasteiger partial charge is 0.451 e. The van der Waals surface area contributed by atoms with Crippen LogP contribution in [0.3, 0.4) is 0 Å². The summed E-state index contributed by atoms with van der Waals surface area (Å²) in [5, 5.41) is 6.55. The summed E-state index contributed by atoms with van der Waals surface area (Å²) in [5.41, 5.74) is 0.585. The molecule has 0 radical (unpaired) electrons. The summed E-state index contributed by atoms with van der Waals surface area (Å²) >= 11 is 0. The smallest absolute Gasteiger partial charge is 0.344 e. The van der Waals surface area contributed by atoms with Crippen molar-refractivity contribution in [2.24, 2.45) is 10.9 Å². The van der Waals surface area contributed by atoms with Crippen LogP contribution in [0, 0.1) is 0 Å². The fourth-order valence-corrected chi connectivity index (χ4v) is 3.65. The average molecular weight is 321 g/mol. The van der Waals surface area contributed by atoms with E-state index >= 15 is 0 Å². The first-order valence-corrected chi connectivity index (χ1v) is 8.21. The van der Waals surface area contributed by atoms with Crippen LogP contribution >= 0.6 is 0 Å². The molecule has 1 amide bonds. The highest BCUT2D eigenvalue weighted by atomic mass is 16.6. The van der Waals surface area contributed by atoms with Gasteiger partial charge in [0.05, 0.1) is 0 Å². The van der Waals surface area contributed by atoms with Crippen molar-refractivity contribution in [3.05, 3.63) is 11.1 Å². The normalized spacial score (nSPS) is 21.6. The second-order valence-electron chi connectivity index (χ2n) is 7.32. The van der Waals surface area contributed by atoms with Gasteiger partial charge < -0.3 is 15.9 Å². The second kappa shape index (κ2) is 6.34. The fourth-order valence-electron chi connectivity index (χ4n) is 3.65. The summed E-state index contributed by atoms with van der Waals surface area (Å²) in [5.74, 6) is 4.39. The van der Waals surface area contributed by atoms with E-state index in [9.17, 15) is 9.59 Å². The van der Waals surface area contributed by atoms with Gasteiger partial charge in [0.2, 0.25) is 0 Å². The summed E-state index contributed by atoms with van der Waals surface area (Å²) in [6, 6.07) is 0. The highest BCUT2D eigenvalue weighted by molar-refractivity contribution is 6.19. The standard InChI is InChI=1S/C17H27N3O3/c1-11(20-18)10-16(3,4)19-14(21)13-12(2)17(23-15(13)22)8-6-5-7-9-17/h5-10,18H2,1-4H3,(H,19,21). The Kier molecular flexibility index (Phi) is 4.82. The number of esters is 1. The summed E-state index contributed by atoms with van der Waals surface area (Å²) in [7, 11) is 0. The number of nitrogens with one attached hydrogen (secondary N) is 1. The number of nitrogens with two attached hydrogens (primary N) is 1. The van der Waals surface area contributed by atoms with Gasteiger partial charge in [-0.3, -0.25) is 4.79 Å². The summed E-state index contributed by atoms with van der Waals surface area (Å²) in [6.45, 7) is 7.42. The van der Waals surface area contributed by atoms with Crippen LogP contribution in [0.15, 0.2) is 16.2 Å². The lowest BCUT2D eigenvalue weighted by Crippen LogP contribution is -2.46. The number of hydrogen-bond donors (Lipinski definition) is 2. The zero-order valence-electron chi connectivity index (χ0n) is 14.5. The van der Waals surface area contributed by atoms with E-state index in [-0.39, 0.29) is 11.5 Å². The molecular formula is C17H27N3O3. The number of amides is 1. The lowest BCUT2D eigenvalue weighted by molar-refractivity contribution is -0.149. The van der Waals surface area contributed by atoms with Crippen molar-refractivity contribution in [2.45, 2.75) is 77.4 Å². The molecule has 1 aliphatic carbocycles.